The molecule has 0 atom stereocenters. The van der Waals surface area contributed by atoms with Gasteiger partial charge in [-0.1, -0.05) is 41.5 Å². The molecule has 0 fully saturated rings. The number of ether oxygens (including phenoxy) is 2. The molecule has 0 aliphatic carbocycles. The molecule has 2 aromatic rings. The number of rotatable bonds is 5. The summed E-state index contributed by atoms with van der Waals surface area (Å²) in [5, 5.41) is 1.03. The van der Waals surface area contributed by atoms with Crippen molar-refractivity contribution >= 4 is 40.4 Å². The summed E-state index contributed by atoms with van der Waals surface area (Å²) in [5.74, 6) is 1.18. The Morgan fingerprint density at radius 1 is 1.14 bits per heavy atom. The first-order valence-electron chi connectivity index (χ1n) is 6.06. The minimum absolute atomic E-state index is 0.292. The maximum Gasteiger partial charge on any atom is 0.138 e. The molecule has 0 bridgehead atoms. The second kappa shape index (κ2) is 6.98. The highest BCUT2D eigenvalue weighted by Crippen LogP contribution is 2.28. The van der Waals surface area contributed by atoms with Gasteiger partial charge >= 0.3 is 0 Å². The molecule has 0 heterocycles. The molecule has 2 rings (SSSR count). The lowest BCUT2D eigenvalue weighted by Gasteiger charge is -2.11. The molecule has 21 heavy (non-hydrogen) atoms. The summed E-state index contributed by atoms with van der Waals surface area (Å²) in [6.07, 6.45) is 0. The Morgan fingerprint density at radius 2 is 1.90 bits per heavy atom. The first kappa shape index (κ1) is 15.9. The van der Waals surface area contributed by atoms with E-state index in [9.17, 15) is 0 Å². The fraction of sp³-hybridized carbons (Fsp3) is 0.133. The summed E-state index contributed by atoms with van der Waals surface area (Å²) >= 11 is 16.9. The van der Waals surface area contributed by atoms with E-state index in [-0.39, 0.29) is 0 Å². The van der Waals surface area contributed by atoms with Crippen LogP contribution in [0.15, 0.2) is 36.4 Å². The van der Waals surface area contributed by atoms with Gasteiger partial charge in [-0.2, -0.15) is 0 Å². The van der Waals surface area contributed by atoms with Crippen LogP contribution in [0.3, 0.4) is 0 Å². The number of hydrogen-bond donors (Lipinski definition) is 1. The van der Waals surface area contributed by atoms with Crippen molar-refractivity contribution in [3.05, 3.63) is 57.6 Å². The lowest BCUT2D eigenvalue weighted by Crippen LogP contribution is -2.11. The zero-order valence-corrected chi connectivity index (χ0v) is 13.6. The van der Waals surface area contributed by atoms with Crippen LogP contribution < -0.4 is 15.2 Å². The van der Waals surface area contributed by atoms with Crippen molar-refractivity contribution in [1.29, 1.82) is 0 Å². The smallest absolute Gasteiger partial charge is 0.138 e. The molecule has 6 heteroatoms. The van der Waals surface area contributed by atoms with Gasteiger partial charge in [-0.25, -0.2) is 0 Å². The van der Waals surface area contributed by atoms with Crippen LogP contribution in [0.4, 0.5) is 0 Å². The second-order valence-electron chi connectivity index (χ2n) is 4.26. The van der Waals surface area contributed by atoms with E-state index in [1.54, 1.807) is 25.3 Å². The summed E-state index contributed by atoms with van der Waals surface area (Å²) < 4.78 is 10.9. The molecule has 0 unspecified atom stereocenters. The third kappa shape index (κ3) is 4.00. The predicted octanol–water partition coefficient (Wildman–Crippen LogP) is 4.22. The summed E-state index contributed by atoms with van der Waals surface area (Å²) in [6.45, 7) is 0.343. The number of thiocarbonyl (C=S) groups is 1. The molecule has 2 aromatic carbocycles. The molecule has 0 spiro atoms. The predicted molar refractivity (Wildman–Crippen MR) is 89.7 cm³/mol. The van der Waals surface area contributed by atoms with Gasteiger partial charge in [-0.15, -0.1) is 0 Å². The second-order valence-corrected chi connectivity index (χ2v) is 5.55. The van der Waals surface area contributed by atoms with E-state index < -0.39 is 0 Å². The number of methoxy groups -OCH3 is 1. The van der Waals surface area contributed by atoms with E-state index in [2.05, 4.69) is 0 Å². The highest BCUT2D eigenvalue weighted by atomic mass is 35.5. The molecule has 2 N–H and O–H groups in total. The van der Waals surface area contributed by atoms with Crippen molar-refractivity contribution in [2.45, 2.75) is 6.61 Å². The van der Waals surface area contributed by atoms with Gasteiger partial charge in [-0.3, -0.25) is 0 Å². The Bertz CT molecular complexity index is 677. The van der Waals surface area contributed by atoms with Gasteiger partial charge in [-0.05, 0) is 35.9 Å². The average Bonchev–Trinajstić information content (AvgIpc) is 2.45. The Hall–Kier alpha value is -1.49. The summed E-state index contributed by atoms with van der Waals surface area (Å²) in [4.78, 5) is 0.292. The molecule has 0 radical (unpaired) electrons. The van der Waals surface area contributed by atoms with E-state index in [0.29, 0.717) is 38.7 Å². The van der Waals surface area contributed by atoms with Gasteiger partial charge in [0.05, 0.1) is 17.7 Å². The Labute approximate surface area is 138 Å². The normalized spacial score (nSPS) is 10.2. The molecule has 3 nitrogen and oxygen atoms in total. The van der Waals surface area contributed by atoms with Crippen molar-refractivity contribution < 1.29 is 9.47 Å². The maximum atomic E-state index is 6.05. The van der Waals surface area contributed by atoms with Crippen LogP contribution in [0.1, 0.15) is 11.1 Å². The minimum atomic E-state index is 0.292. The van der Waals surface area contributed by atoms with Gasteiger partial charge in [0.1, 0.15) is 23.1 Å². The summed E-state index contributed by atoms with van der Waals surface area (Å²) in [7, 11) is 1.57. The number of nitrogens with two attached hydrogens (primary N) is 1. The molecule has 0 aliphatic heterocycles. The van der Waals surface area contributed by atoms with Crippen LogP contribution in [0.25, 0.3) is 0 Å². The molecule has 0 aliphatic rings. The molecule has 0 saturated carbocycles. The standard InChI is InChI=1S/C15H13Cl2NO2S/c1-19-14-6-9(2-4-11(14)15(18)21)8-20-13-5-3-10(16)7-12(13)17/h2-7H,8H2,1H3,(H2,18,21). The van der Waals surface area contributed by atoms with E-state index in [1.807, 2.05) is 18.2 Å². The fourth-order valence-electron chi connectivity index (χ4n) is 1.78. The van der Waals surface area contributed by atoms with Crippen LogP contribution in [0.5, 0.6) is 11.5 Å². The van der Waals surface area contributed by atoms with Gasteiger partial charge in [0.25, 0.3) is 0 Å². The monoisotopic (exact) mass is 341 g/mol. The third-order valence-corrected chi connectivity index (χ3v) is 3.57. The molecule has 110 valence electrons. The van der Waals surface area contributed by atoms with Gasteiger partial charge in [0.15, 0.2) is 0 Å². The lowest BCUT2D eigenvalue weighted by atomic mass is 10.1. The Kier molecular flexibility index (Phi) is 5.28. The molecule has 0 aromatic heterocycles. The largest absolute Gasteiger partial charge is 0.496 e. The Morgan fingerprint density at radius 3 is 2.52 bits per heavy atom. The lowest BCUT2D eigenvalue weighted by molar-refractivity contribution is 0.305. The third-order valence-electron chi connectivity index (χ3n) is 2.82. The van der Waals surface area contributed by atoms with Crippen molar-refractivity contribution in [3.63, 3.8) is 0 Å². The average molecular weight is 342 g/mol. The van der Waals surface area contributed by atoms with Crippen molar-refractivity contribution in [2.24, 2.45) is 5.73 Å². The van der Waals surface area contributed by atoms with Crippen LogP contribution in [-0.4, -0.2) is 12.1 Å². The zero-order valence-electron chi connectivity index (χ0n) is 11.2. The van der Waals surface area contributed by atoms with Gasteiger partial charge in [0, 0.05) is 5.02 Å². The molecule has 0 amide bonds. The first-order valence-corrected chi connectivity index (χ1v) is 7.22. The number of hydrogen-bond acceptors (Lipinski definition) is 3. The molecular formula is C15H13Cl2NO2S. The van der Waals surface area contributed by atoms with Crippen molar-refractivity contribution in [1.82, 2.24) is 0 Å². The van der Waals surface area contributed by atoms with E-state index >= 15 is 0 Å². The van der Waals surface area contributed by atoms with Crippen LogP contribution in [0, 0.1) is 0 Å². The van der Waals surface area contributed by atoms with Crippen LogP contribution >= 0.6 is 35.4 Å². The van der Waals surface area contributed by atoms with Crippen molar-refractivity contribution in [2.75, 3.05) is 7.11 Å². The molecule has 0 saturated heterocycles. The van der Waals surface area contributed by atoms with E-state index in [0.717, 1.165) is 5.56 Å². The van der Waals surface area contributed by atoms with Crippen molar-refractivity contribution in [3.8, 4) is 11.5 Å². The summed E-state index contributed by atoms with van der Waals surface area (Å²) in [6, 6.07) is 10.6. The minimum Gasteiger partial charge on any atom is -0.496 e. The van der Waals surface area contributed by atoms with E-state index in [4.69, 9.17) is 50.6 Å². The highest BCUT2D eigenvalue weighted by molar-refractivity contribution is 7.80. The molecular weight excluding hydrogens is 329 g/mol. The maximum absolute atomic E-state index is 6.05. The SMILES string of the molecule is COc1cc(COc2ccc(Cl)cc2Cl)ccc1C(N)=S. The van der Waals surface area contributed by atoms with E-state index in [1.165, 1.54) is 0 Å². The van der Waals surface area contributed by atoms with Crippen LogP contribution in [0.2, 0.25) is 10.0 Å². The number of halogens is 2. The van der Waals surface area contributed by atoms with Gasteiger partial charge in [0.2, 0.25) is 0 Å². The topological polar surface area (TPSA) is 44.5 Å². The fourth-order valence-corrected chi connectivity index (χ4v) is 2.41. The number of benzene rings is 2. The van der Waals surface area contributed by atoms with Crippen LogP contribution in [-0.2, 0) is 6.61 Å². The highest BCUT2D eigenvalue weighted by Gasteiger charge is 2.08. The summed E-state index contributed by atoms with van der Waals surface area (Å²) in [5.41, 5.74) is 7.24. The first-order chi connectivity index (χ1) is 10.0. The quantitative estimate of drug-likeness (QED) is 0.827. The zero-order chi connectivity index (χ0) is 15.4. The Balaban J connectivity index is 2.15. The van der Waals surface area contributed by atoms with Gasteiger partial charge < -0.3 is 15.2 Å².